The predicted molar refractivity (Wildman–Crippen MR) is 118 cm³/mol. The molecule has 0 atom stereocenters. The summed E-state index contributed by atoms with van der Waals surface area (Å²) in [5, 5.41) is 4.43. The zero-order valence-electron chi connectivity index (χ0n) is 16.9. The van der Waals surface area contributed by atoms with Gasteiger partial charge in [0.05, 0.1) is 29.7 Å². The molecule has 0 spiro atoms. The molecular weight excluding hydrogens is 394 g/mol. The Hall–Kier alpha value is -4.20. The van der Waals surface area contributed by atoms with Crippen LogP contribution in [0.4, 0.5) is 5.69 Å². The number of nitrogens with zero attached hydrogens (tertiary/aromatic N) is 2. The SMILES string of the molecule is C=C(CN1Cc2c(ccc3ccc(-c4cc(C(=O)NC)c(N)cn4)cc23)C1=O)C(N)=O. The lowest BCUT2D eigenvalue weighted by Crippen LogP contribution is -2.30. The topological polar surface area (TPSA) is 131 Å². The number of aromatic nitrogens is 1. The van der Waals surface area contributed by atoms with Crippen LogP contribution in [0.3, 0.4) is 0 Å². The minimum Gasteiger partial charge on any atom is -0.397 e. The first-order valence-corrected chi connectivity index (χ1v) is 9.60. The maximum atomic E-state index is 12.8. The number of rotatable bonds is 5. The molecule has 2 heterocycles. The van der Waals surface area contributed by atoms with Gasteiger partial charge in [-0.25, -0.2) is 0 Å². The summed E-state index contributed by atoms with van der Waals surface area (Å²) in [6, 6.07) is 11.1. The fraction of sp³-hybridized carbons (Fsp3) is 0.130. The normalized spacial score (nSPS) is 12.7. The molecule has 0 bridgehead atoms. The lowest BCUT2D eigenvalue weighted by atomic mass is 9.97. The summed E-state index contributed by atoms with van der Waals surface area (Å²) in [6.45, 7) is 4.08. The number of nitrogen functional groups attached to an aromatic ring is 1. The van der Waals surface area contributed by atoms with Crippen LogP contribution in [0.5, 0.6) is 0 Å². The number of carbonyl (C=O) groups excluding carboxylic acids is 3. The van der Waals surface area contributed by atoms with E-state index in [1.54, 1.807) is 17.0 Å². The molecule has 8 nitrogen and oxygen atoms in total. The number of nitrogens with two attached hydrogens (primary N) is 2. The van der Waals surface area contributed by atoms with E-state index >= 15 is 0 Å². The number of carbonyl (C=O) groups is 3. The molecule has 3 aromatic rings. The lowest BCUT2D eigenvalue weighted by molar-refractivity contribution is -0.114. The molecule has 0 aliphatic carbocycles. The summed E-state index contributed by atoms with van der Waals surface area (Å²) in [4.78, 5) is 42.2. The molecule has 3 amide bonds. The van der Waals surface area contributed by atoms with E-state index in [-0.39, 0.29) is 23.9 Å². The second-order valence-electron chi connectivity index (χ2n) is 7.39. The van der Waals surface area contributed by atoms with Gasteiger partial charge in [-0.2, -0.15) is 0 Å². The Morgan fingerprint density at radius 1 is 1.23 bits per heavy atom. The third-order valence-corrected chi connectivity index (χ3v) is 5.43. The molecule has 0 saturated heterocycles. The molecule has 2 aromatic carbocycles. The summed E-state index contributed by atoms with van der Waals surface area (Å²) >= 11 is 0. The minimum absolute atomic E-state index is 0.0824. The average Bonchev–Trinajstić information content (AvgIpc) is 3.08. The van der Waals surface area contributed by atoms with Crippen LogP contribution in [0, 0.1) is 0 Å². The highest BCUT2D eigenvalue weighted by Gasteiger charge is 2.29. The number of primary amides is 1. The largest absolute Gasteiger partial charge is 0.397 e. The van der Waals surface area contributed by atoms with Gasteiger partial charge in [-0.3, -0.25) is 19.4 Å². The second kappa shape index (κ2) is 7.56. The van der Waals surface area contributed by atoms with Gasteiger partial charge < -0.3 is 21.7 Å². The van der Waals surface area contributed by atoms with E-state index in [1.807, 2.05) is 24.3 Å². The Labute approximate surface area is 178 Å². The molecule has 0 fully saturated rings. The quantitative estimate of drug-likeness (QED) is 0.547. The van der Waals surface area contributed by atoms with Crippen molar-refractivity contribution in [1.82, 2.24) is 15.2 Å². The van der Waals surface area contributed by atoms with E-state index in [0.717, 1.165) is 21.9 Å². The van der Waals surface area contributed by atoms with Gasteiger partial charge in [-0.05, 0) is 34.5 Å². The van der Waals surface area contributed by atoms with Gasteiger partial charge in [-0.1, -0.05) is 24.8 Å². The summed E-state index contributed by atoms with van der Waals surface area (Å²) in [7, 11) is 1.54. The molecule has 1 aliphatic heterocycles. The number of fused-ring (bicyclic) bond motifs is 3. The molecule has 1 aliphatic rings. The number of anilines is 1. The van der Waals surface area contributed by atoms with Crippen LogP contribution < -0.4 is 16.8 Å². The Bertz CT molecular complexity index is 1280. The fourth-order valence-corrected chi connectivity index (χ4v) is 3.74. The zero-order valence-corrected chi connectivity index (χ0v) is 16.9. The summed E-state index contributed by atoms with van der Waals surface area (Å²) < 4.78 is 0. The van der Waals surface area contributed by atoms with Crippen LogP contribution in [0.1, 0.15) is 26.3 Å². The van der Waals surface area contributed by atoms with Gasteiger partial charge in [-0.15, -0.1) is 0 Å². The predicted octanol–water partition coefficient (Wildman–Crippen LogP) is 1.84. The highest BCUT2D eigenvalue weighted by Crippen LogP contribution is 2.33. The van der Waals surface area contributed by atoms with E-state index in [9.17, 15) is 14.4 Å². The highest BCUT2D eigenvalue weighted by molar-refractivity contribution is 6.06. The number of amides is 3. The van der Waals surface area contributed by atoms with E-state index in [1.165, 1.54) is 13.2 Å². The summed E-state index contributed by atoms with van der Waals surface area (Å²) in [6.07, 6.45) is 1.46. The monoisotopic (exact) mass is 415 g/mol. The van der Waals surface area contributed by atoms with Crippen molar-refractivity contribution in [2.24, 2.45) is 5.73 Å². The van der Waals surface area contributed by atoms with Crippen molar-refractivity contribution in [2.75, 3.05) is 19.3 Å². The maximum Gasteiger partial charge on any atom is 0.254 e. The molecule has 4 rings (SSSR count). The summed E-state index contributed by atoms with van der Waals surface area (Å²) in [5.41, 5.74) is 14.8. The van der Waals surface area contributed by atoms with Crippen LogP contribution in [-0.4, -0.2) is 41.2 Å². The summed E-state index contributed by atoms with van der Waals surface area (Å²) in [5.74, 6) is -1.09. The van der Waals surface area contributed by atoms with Crippen molar-refractivity contribution >= 4 is 34.2 Å². The Balaban J connectivity index is 1.77. The van der Waals surface area contributed by atoms with E-state index in [0.29, 0.717) is 29.1 Å². The third kappa shape index (κ3) is 3.48. The standard InChI is InChI=1S/C23H21N5O3/c1-12(21(25)29)10-28-11-18-15(23(28)31)6-5-13-3-4-14(7-16(13)18)20-8-17(22(30)26-2)19(24)9-27-20/h3-9H,1,10-11,24H2,2H3,(H2,25,29)(H,26,30). The Kier molecular flexibility index (Phi) is 4.90. The van der Waals surface area contributed by atoms with Crippen molar-refractivity contribution in [1.29, 1.82) is 0 Å². The molecule has 0 radical (unpaired) electrons. The van der Waals surface area contributed by atoms with Gasteiger partial charge in [0.15, 0.2) is 0 Å². The van der Waals surface area contributed by atoms with Crippen molar-refractivity contribution < 1.29 is 14.4 Å². The minimum atomic E-state index is -0.628. The Morgan fingerprint density at radius 3 is 2.68 bits per heavy atom. The molecule has 0 saturated carbocycles. The first kappa shape index (κ1) is 20.1. The van der Waals surface area contributed by atoms with Gasteiger partial charge in [0.2, 0.25) is 5.91 Å². The molecule has 0 unspecified atom stereocenters. The highest BCUT2D eigenvalue weighted by atomic mass is 16.2. The smallest absolute Gasteiger partial charge is 0.254 e. The number of benzene rings is 2. The first-order valence-electron chi connectivity index (χ1n) is 9.60. The molecule has 8 heteroatoms. The van der Waals surface area contributed by atoms with E-state index in [4.69, 9.17) is 11.5 Å². The van der Waals surface area contributed by atoms with E-state index < -0.39 is 5.91 Å². The number of pyridine rings is 1. The first-order chi connectivity index (χ1) is 14.8. The van der Waals surface area contributed by atoms with E-state index in [2.05, 4.69) is 16.9 Å². The van der Waals surface area contributed by atoms with Crippen LogP contribution in [-0.2, 0) is 11.3 Å². The average molecular weight is 415 g/mol. The van der Waals surface area contributed by atoms with Crippen molar-refractivity contribution in [3.63, 3.8) is 0 Å². The van der Waals surface area contributed by atoms with Crippen molar-refractivity contribution in [2.45, 2.75) is 6.54 Å². The second-order valence-corrected chi connectivity index (χ2v) is 7.39. The fourth-order valence-electron chi connectivity index (χ4n) is 3.74. The van der Waals surface area contributed by atoms with Gasteiger partial charge >= 0.3 is 0 Å². The molecular formula is C23H21N5O3. The Morgan fingerprint density at radius 2 is 1.97 bits per heavy atom. The van der Waals surface area contributed by atoms with Gasteiger partial charge in [0.1, 0.15) is 0 Å². The number of hydrogen-bond donors (Lipinski definition) is 3. The lowest BCUT2D eigenvalue weighted by Gasteiger charge is -2.15. The van der Waals surface area contributed by atoms with Gasteiger partial charge in [0, 0.05) is 30.3 Å². The maximum absolute atomic E-state index is 12.8. The van der Waals surface area contributed by atoms with Crippen molar-refractivity contribution in [3.05, 3.63) is 71.4 Å². The molecule has 5 N–H and O–H groups in total. The number of hydrogen-bond acceptors (Lipinski definition) is 5. The molecule has 31 heavy (non-hydrogen) atoms. The third-order valence-electron chi connectivity index (χ3n) is 5.43. The molecule has 156 valence electrons. The van der Waals surface area contributed by atoms with Crippen molar-refractivity contribution in [3.8, 4) is 11.3 Å². The van der Waals surface area contributed by atoms with Crippen LogP contribution in [0.15, 0.2) is 54.7 Å². The van der Waals surface area contributed by atoms with Crippen LogP contribution >= 0.6 is 0 Å². The van der Waals surface area contributed by atoms with Gasteiger partial charge in [0.25, 0.3) is 11.8 Å². The van der Waals surface area contributed by atoms with Crippen LogP contribution in [0.2, 0.25) is 0 Å². The van der Waals surface area contributed by atoms with Crippen LogP contribution in [0.25, 0.3) is 22.0 Å². The zero-order chi connectivity index (χ0) is 22.3. The molecule has 1 aromatic heterocycles. The number of nitrogens with one attached hydrogen (secondary N) is 1.